The minimum atomic E-state index is -0.648. The van der Waals surface area contributed by atoms with Crippen LogP contribution in [0.25, 0.3) is 0 Å². The lowest BCUT2D eigenvalue weighted by atomic mass is 9.68. The van der Waals surface area contributed by atoms with E-state index in [1.165, 1.54) is 19.3 Å². The van der Waals surface area contributed by atoms with Gasteiger partial charge < -0.3 is 5.11 Å². The van der Waals surface area contributed by atoms with Crippen molar-refractivity contribution < 1.29 is 9.90 Å². The molecule has 0 amide bonds. The predicted octanol–water partition coefficient (Wildman–Crippen LogP) is 3.95. The molecule has 2 nitrogen and oxygen atoms in total. The van der Waals surface area contributed by atoms with E-state index in [1.807, 2.05) is 0 Å². The van der Waals surface area contributed by atoms with Gasteiger partial charge in [-0.2, -0.15) is 0 Å². The van der Waals surface area contributed by atoms with Gasteiger partial charge in [0, 0.05) is 6.42 Å². The molecular weight excluding hydrogens is 200 g/mol. The Morgan fingerprint density at radius 1 is 1.38 bits per heavy atom. The molecule has 1 aliphatic carbocycles. The quantitative estimate of drug-likeness (QED) is 0.770. The van der Waals surface area contributed by atoms with Crippen molar-refractivity contribution in [2.45, 2.75) is 59.3 Å². The summed E-state index contributed by atoms with van der Waals surface area (Å²) in [7, 11) is 0. The lowest BCUT2D eigenvalue weighted by molar-refractivity contribution is -0.137. The summed E-state index contributed by atoms with van der Waals surface area (Å²) < 4.78 is 0. The Hall–Kier alpha value is -0.530. The molecule has 1 fully saturated rings. The molecule has 3 atom stereocenters. The minimum absolute atomic E-state index is 0.343. The van der Waals surface area contributed by atoms with Crippen LogP contribution >= 0.6 is 0 Å². The monoisotopic (exact) mass is 226 g/mol. The fraction of sp³-hybridized carbons (Fsp3) is 0.929. The third-order valence-corrected chi connectivity index (χ3v) is 4.13. The zero-order chi connectivity index (χ0) is 12.1. The van der Waals surface area contributed by atoms with E-state index in [0.717, 1.165) is 36.5 Å². The topological polar surface area (TPSA) is 37.3 Å². The summed E-state index contributed by atoms with van der Waals surface area (Å²) in [5.74, 6) is 2.53. The second-order valence-corrected chi connectivity index (χ2v) is 5.87. The van der Waals surface area contributed by atoms with Crippen LogP contribution in [0.5, 0.6) is 0 Å². The van der Waals surface area contributed by atoms with Gasteiger partial charge in [-0.3, -0.25) is 4.79 Å². The first-order chi connectivity index (χ1) is 7.50. The van der Waals surface area contributed by atoms with Crippen LogP contribution in [0.2, 0.25) is 0 Å². The highest BCUT2D eigenvalue weighted by molar-refractivity contribution is 5.66. The molecule has 0 heterocycles. The third-order valence-electron chi connectivity index (χ3n) is 4.13. The van der Waals surface area contributed by atoms with Crippen LogP contribution in [0.15, 0.2) is 0 Å². The maximum atomic E-state index is 10.5. The van der Waals surface area contributed by atoms with E-state index in [4.69, 9.17) is 5.11 Å². The highest BCUT2D eigenvalue weighted by atomic mass is 16.4. The number of aliphatic carboxylic acids is 1. The van der Waals surface area contributed by atoms with E-state index < -0.39 is 5.97 Å². The zero-order valence-electron chi connectivity index (χ0n) is 10.9. The van der Waals surface area contributed by atoms with Crippen LogP contribution < -0.4 is 0 Å². The molecule has 2 heteroatoms. The van der Waals surface area contributed by atoms with Gasteiger partial charge in [0.2, 0.25) is 0 Å². The molecule has 0 bridgehead atoms. The van der Waals surface area contributed by atoms with Crippen molar-refractivity contribution in [3.05, 3.63) is 0 Å². The fourth-order valence-corrected chi connectivity index (χ4v) is 3.25. The van der Waals surface area contributed by atoms with Crippen molar-refractivity contribution in [1.82, 2.24) is 0 Å². The number of hydrogen-bond donors (Lipinski definition) is 1. The number of carboxylic acid groups (broad SMARTS) is 1. The first-order valence-corrected chi connectivity index (χ1v) is 6.72. The van der Waals surface area contributed by atoms with Crippen LogP contribution in [-0.2, 0) is 4.79 Å². The van der Waals surface area contributed by atoms with E-state index in [0.29, 0.717) is 6.42 Å². The molecule has 0 aliphatic heterocycles. The number of carboxylic acids is 1. The van der Waals surface area contributed by atoms with Crippen LogP contribution in [0, 0.1) is 23.7 Å². The summed E-state index contributed by atoms with van der Waals surface area (Å²) in [6.45, 7) is 6.95. The lowest BCUT2D eigenvalue weighted by Gasteiger charge is -2.37. The molecule has 1 N–H and O–H groups in total. The third kappa shape index (κ3) is 4.15. The zero-order valence-corrected chi connectivity index (χ0v) is 10.9. The molecule has 0 saturated heterocycles. The summed E-state index contributed by atoms with van der Waals surface area (Å²) in [4.78, 5) is 10.5. The number of rotatable bonds is 5. The molecule has 1 rings (SSSR count). The smallest absolute Gasteiger partial charge is 0.303 e. The van der Waals surface area contributed by atoms with Gasteiger partial charge in [-0.15, -0.1) is 0 Å². The summed E-state index contributed by atoms with van der Waals surface area (Å²) in [5.41, 5.74) is 0. The van der Waals surface area contributed by atoms with E-state index in [1.54, 1.807) is 0 Å². The fourth-order valence-electron chi connectivity index (χ4n) is 3.25. The highest BCUT2D eigenvalue weighted by Crippen LogP contribution is 2.40. The second kappa shape index (κ2) is 6.27. The van der Waals surface area contributed by atoms with Gasteiger partial charge in [-0.25, -0.2) is 0 Å². The Kier molecular flexibility index (Phi) is 5.30. The maximum absolute atomic E-state index is 10.5. The molecule has 0 aromatic heterocycles. The Labute approximate surface area is 99.4 Å². The van der Waals surface area contributed by atoms with Gasteiger partial charge in [0.15, 0.2) is 0 Å². The summed E-state index contributed by atoms with van der Waals surface area (Å²) in [6.07, 6.45) is 6.32. The Morgan fingerprint density at radius 2 is 2.06 bits per heavy atom. The van der Waals surface area contributed by atoms with Crippen LogP contribution in [0.3, 0.4) is 0 Å². The van der Waals surface area contributed by atoms with Crippen molar-refractivity contribution >= 4 is 5.97 Å². The van der Waals surface area contributed by atoms with E-state index >= 15 is 0 Å². The minimum Gasteiger partial charge on any atom is -0.481 e. The Morgan fingerprint density at radius 3 is 2.62 bits per heavy atom. The van der Waals surface area contributed by atoms with Crippen molar-refractivity contribution in [3.8, 4) is 0 Å². The standard InChI is InChI=1S/C14H26O2/c1-10(2)13-8-7-11(3)9-12(13)5-4-6-14(15)16/h10-13H,4-9H2,1-3H3,(H,15,16). The molecule has 0 aromatic carbocycles. The SMILES string of the molecule is CC1CCC(C(C)C)C(CCCC(=O)O)C1. The molecule has 0 aromatic rings. The van der Waals surface area contributed by atoms with E-state index in [9.17, 15) is 4.79 Å². The predicted molar refractivity (Wildman–Crippen MR) is 66.3 cm³/mol. The Bertz CT molecular complexity index is 223. The van der Waals surface area contributed by atoms with Crippen molar-refractivity contribution in [2.24, 2.45) is 23.7 Å². The second-order valence-electron chi connectivity index (χ2n) is 5.87. The van der Waals surface area contributed by atoms with Gasteiger partial charge in [0.05, 0.1) is 0 Å². The normalized spacial score (nSPS) is 30.6. The van der Waals surface area contributed by atoms with Crippen molar-refractivity contribution in [3.63, 3.8) is 0 Å². The van der Waals surface area contributed by atoms with Gasteiger partial charge in [-0.1, -0.05) is 27.2 Å². The number of hydrogen-bond acceptors (Lipinski definition) is 1. The average molecular weight is 226 g/mol. The molecule has 0 radical (unpaired) electrons. The van der Waals surface area contributed by atoms with Crippen molar-refractivity contribution in [1.29, 1.82) is 0 Å². The van der Waals surface area contributed by atoms with Crippen LogP contribution in [0.1, 0.15) is 59.3 Å². The first-order valence-electron chi connectivity index (χ1n) is 6.72. The lowest BCUT2D eigenvalue weighted by Crippen LogP contribution is -2.27. The molecule has 0 spiro atoms. The van der Waals surface area contributed by atoms with Gasteiger partial charge in [0.1, 0.15) is 0 Å². The first kappa shape index (κ1) is 13.5. The summed E-state index contributed by atoms with van der Waals surface area (Å²) in [6, 6.07) is 0. The van der Waals surface area contributed by atoms with Crippen LogP contribution in [0.4, 0.5) is 0 Å². The molecule has 1 aliphatic rings. The van der Waals surface area contributed by atoms with Gasteiger partial charge in [-0.05, 0) is 49.4 Å². The summed E-state index contributed by atoms with van der Waals surface area (Å²) in [5, 5.41) is 8.67. The van der Waals surface area contributed by atoms with Gasteiger partial charge in [0.25, 0.3) is 0 Å². The molecule has 16 heavy (non-hydrogen) atoms. The molecular formula is C14H26O2. The largest absolute Gasteiger partial charge is 0.481 e. The molecule has 1 saturated carbocycles. The highest BCUT2D eigenvalue weighted by Gasteiger charge is 2.30. The van der Waals surface area contributed by atoms with E-state index in [-0.39, 0.29) is 0 Å². The van der Waals surface area contributed by atoms with Crippen LogP contribution in [-0.4, -0.2) is 11.1 Å². The van der Waals surface area contributed by atoms with E-state index in [2.05, 4.69) is 20.8 Å². The van der Waals surface area contributed by atoms with Gasteiger partial charge >= 0.3 is 5.97 Å². The molecule has 94 valence electrons. The summed E-state index contributed by atoms with van der Waals surface area (Å²) >= 11 is 0. The van der Waals surface area contributed by atoms with Crippen molar-refractivity contribution in [2.75, 3.05) is 0 Å². The number of carbonyl (C=O) groups is 1. The maximum Gasteiger partial charge on any atom is 0.303 e. The average Bonchev–Trinajstić information content (AvgIpc) is 2.16. The molecule has 3 unspecified atom stereocenters. The Balaban J connectivity index is 2.41.